The third kappa shape index (κ3) is 3.90. The largest absolute Gasteiger partial charge is 0.387 e. The Morgan fingerprint density at radius 3 is 2.79 bits per heavy atom. The van der Waals surface area contributed by atoms with Crippen LogP contribution in [0.25, 0.3) is 11.1 Å². The van der Waals surface area contributed by atoms with Crippen LogP contribution in [0.4, 0.5) is 0 Å². The second-order valence-electron chi connectivity index (χ2n) is 6.04. The van der Waals surface area contributed by atoms with Crippen molar-refractivity contribution in [1.29, 1.82) is 0 Å². The van der Waals surface area contributed by atoms with Crippen molar-refractivity contribution in [2.75, 3.05) is 19.6 Å². The van der Waals surface area contributed by atoms with Crippen molar-refractivity contribution < 1.29 is 9.90 Å². The van der Waals surface area contributed by atoms with Crippen LogP contribution in [0, 0.1) is 0 Å². The predicted octanol–water partition coefficient (Wildman–Crippen LogP) is 3.11. The zero-order valence-electron chi connectivity index (χ0n) is 13.0. The molecule has 1 amide bonds. The summed E-state index contributed by atoms with van der Waals surface area (Å²) in [6.07, 6.45) is 0.633. The Bertz CT molecular complexity index is 758. The lowest BCUT2D eigenvalue weighted by molar-refractivity contribution is 0.0562. The van der Waals surface area contributed by atoms with Crippen LogP contribution in [-0.2, 0) is 0 Å². The van der Waals surface area contributed by atoms with Gasteiger partial charge in [-0.25, -0.2) is 0 Å². The quantitative estimate of drug-likeness (QED) is 0.780. The van der Waals surface area contributed by atoms with Gasteiger partial charge in [0.1, 0.15) is 0 Å². The fraction of sp³-hybridized carbons (Fsp3) is 0.278. The highest BCUT2D eigenvalue weighted by atomic mass is 35.5. The van der Waals surface area contributed by atoms with Crippen LogP contribution < -0.4 is 10.6 Å². The Hall–Kier alpha value is -1.59. The van der Waals surface area contributed by atoms with Gasteiger partial charge in [0.25, 0.3) is 5.91 Å². The van der Waals surface area contributed by atoms with Crippen LogP contribution in [0.15, 0.2) is 42.5 Å². The van der Waals surface area contributed by atoms with Crippen molar-refractivity contribution in [2.45, 2.75) is 12.0 Å². The standard InChI is InChI=1S/C18H18Cl2N2O2/c19-14-4-5-15(16(20)9-14)12-2-1-3-13(8-12)17(23)22-11-18(24)6-7-21-10-18/h1-5,8-9,21,24H,6-7,10-11H2,(H,22,23)/t18-/m1/s1. The Balaban J connectivity index is 1.76. The average Bonchev–Trinajstić information content (AvgIpc) is 3.00. The smallest absolute Gasteiger partial charge is 0.251 e. The number of amides is 1. The summed E-state index contributed by atoms with van der Waals surface area (Å²) in [5.41, 5.74) is 1.31. The minimum atomic E-state index is -0.868. The van der Waals surface area contributed by atoms with Crippen molar-refractivity contribution in [3.05, 3.63) is 58.1 Å². The molecule has 0 saturated carbocycles. The number of rotatable bonds is 4. The Morgan fingerprint density at radius 2 is 2.08 bits per heavy atom. The van der Waals surface area contributed by atoms with Gasteiger partial charge in [-0.2, -0.15) is 0 Å². The van der Waals surface area contributed by atoms with Gasteiger partial charge in [-0.1, -0.05) is 41.4 Å². The molecule has 0 radical (unpaired) electrons. The van der Waals surface area contributed by atoms with Crippen LogP contribution in [-0.4, -0.2) is 36.2 Å². The summed E-state index contributed by atoms with van der Waals surface area (Å²) in [5.74, 6) is -0.220. The maximum absolute atomic E-state index is 12.4. The van der Waals surface area contributed by atoms with Crippen LogP contribution in [0.3, 0.4) is 0 Å². The van der Waals surface area contributed by atoms with Gasteiger partial charge in [-0.05, 0) is 42.8 Å². The number of aliphatic hydroxyl groups is 1. The number of hydrogen-bond donors (Lipinski definition) is 3. The van der Waals surface area contributed by atoms with E-state index in [1.165, 1.54) is 0 Å². The normalized spacial score (nSPS) is 20.1. The molecule has 0 unspecified atom stereocenters. The third-order valence-corrected chi connectivity index (χ3v) is 4.71. The first-order chi connectivity index (χ1) is 11.5. The first kappa shape index (κ1) is 17.2. The van der Waals surface area contributed by atoms with E-state index in [1.807, 2.05) is 12.1 Å². The molecule has 1 saturated heterocycles. The fourth-order valence-corrected chi connectivity index (χ4v) is 3.30. The minimum Gasteiger partial charge on any atom is -0.387 e. The lowest BCUT2D eigenvalue weighted by Crippen LogP contribution is -2.44. The summed E-state index contributed by atoms with van der Waals surface area (Å²) in [6.45, 7) is 1.48. The molecule has 1 fully saturated rings. The highest BCUT2D eigenvalue weighted by Gasteiger charge is 2.31. The molecule has 2 aromatic carbocycles. The molecule has 3 N–H and O–H groups in total. The fourth-order valence-electron chi connectivity index (χ4n) is 2.78. The molecule has 6 heteroatoms. The molecule has 2 aromatic rings. The van der Waals surface area contributed by atoms with E-state index in [1.54, 1.807) is 30.3 Å². The molecule has 1 heterocycles. The number of halogens is 2. The summed E-state index contributed by atoms with van der Waals surface area (Å²) in [5, 5.41) is 17.3. The molecule has 126 valence electrons. The topological polar surface area (TPSA) is 61.4 Å². The molecule has 0 aromatic heterocycles. The zero-order chi connectivity index (χ0) is 17.2. The lowest BCUT2D eigenvalue weighted by atomic mass is 10.0. The molecular weight excluding hydrogens is 347 g/mol. The van der Waals surface area contributed by atoms with Gasteiger partial charge in [0.05, 0.1) is 5.60 Å². The van der Waals surface area contributed by atoms with E-state index in [9.17, 15) is 9.90 Å². The maximum atomic E-state index is 12.4. The van der Waals surface area contributed by atoms with Gasteiger partial charge in [0.2, 0.25) is 0 Å². The molecule has 1 aliphatic rings. The number of benzene rings is 2. The summed E-state index contributed by atoms with van der Waals surface area (Å²) >= 11 is 12.2. The highest BCUT2D eigenvalue weighted by molar-refractivity contribution is 6.36. The summed E-state index contributed by atoms with van der Waals surface area (Å²) in [6, 6.07) is 12.5. The van der Waals surface area contributed by atoms with E-state index in [2.05, 4.69) is 10.6 Å². The molecule has 1 atom stereocenters. The molecule has 0 spiro atoms. The van der Waals surface area contributed by atoms with Gasteiger partial charge < -0.3 is 15.7 Å². The van der Waals surface area contributed by atoms with Crippen molar-refractivity contribution in [2.24, 2.45) is 0 Å². The van der Waals surface area contributed by atoms with E-state index in [0.717, 1.165) is 17.7 Å². The number of carbonyl (C=O) groups is 1. The van der Waals surface area contributed by atoms with E-state index >= 15 is 0 Å². The van der Waals surface area contributed by atoms with Gasteiger partial charge >= 0.3 is 0 Å². The first-order valence-corrected chi connectivity index (χ1v) is 8.49. The van der Waals surface area contributed by atoms with Gasteiger partial charge in [-0.15, -0.1) is 0 Å². The lowest BCUT2D eigenvalue weighted by Gasteiger charge is -2.21. The van der Waals surface area contributed by atoms with Crippen LogP contribution in [0.2, 0.25) is 10.0 Å². The number of nitrogens with one attached hydrogen (secondary N) is 2. The second kappa shape index (κ2) is 7.11. The monoisotopic (exact) mass is 364 g/mol. The molecule has 0 aliphatic carbocycles. The summed E-state index contributed by atoms with van der Waals surface area (Å²) < 4.78 is 0. The maximum Gasteiger partial charge on any atom is 0.251 e. The Labute approximate surface area is 150 Å². The highest BCUT2D eigenvalue weighted by Crippen LogP contribution is 2.30. The minimum absolute atomic E-state index is 0.220. The SMILES string of the molecule is O=C(NC[C@@]1(O)CCNC1)c1cccc(-c2ccc(Cl)cc2Cl)c1. The number of β-amino-alcohol motifs (C(OH)–C–C–N with tert-alkyl or cyclic N) is 1. The van der Waals surface area contributed by atoms with Crippen LogP contribution in [0.1, 0.15) is 16.8 Å². The average molecular weight is 365 g/mol. The molecule has 4 nitrogen and oxygen atoms in total. The molecule has 1 aliphatic heterocycles. The van der Waals surface area contributed by atoms with E-state index < -0.39 is 5.60 Å². The number of hydrogen-bond acceptors (Lipinski definition) is 3. The van der Waals surface area contributed by atoms with Crippen molar-refractivity contribution in [3.63, 3.8) is 0 Å². The first-order valence-electron chi connectivity index (χ1n) is 7.74. The summed E-state index contributed by atoms with van der Waals surface area (Å²) in [4.78, 5) is 12.4. The van der Waals surface area contributed by atoms with E-state index in [4.69, 9.17) is 23.2 Å². The van der Waals surface area contributed by atoms with Gasteiger partial charge in [-0.3, -0.25) is 4.79 Å². The van der Waals surface area contributed by atoms with Crippen LogP contribution >= 0.6 is 23.2 Å². The van der Waals surface area contributed by atoms with Gasteiger partial charge in [0, 0.05) is 34.3 Å². The predicted molar refractivity (Wildman–Crippen MR) is 96.7 cm³/mol. The molecular formula is C18H18Cl2N2O2. The third-order valence-electron chi connectivity index (χ3n) is 4.17. The van der Waals surface area contributed by atoms with Gasteiger partial charge in [0.15, 0.2) is 0 Å². The van der Waals surface area contributed by atoms with Crippen molar-refractivity contribution in [3.8, 4) is 11.1 Å². The molecule has 3 rings (SSSR count). The molecule has 24 heavy (non-hydrogen) atoms. The number of carbonyl (C=O) groups excluding carboxylic acids is 1. The van der Waals surface area contributed by atoms with Crippen molar-refractivity contribution >= 4 is 29.1 Å². The summed E-state index contributed by atoms with van der Waals surface area (Å²) in [7, 11) is 0. The van der Waals surface area contributed by atoms with E-state index in [0.29, 0.717) is 28.6 Å². The molecule has 0 bridgehead atoms. The Kier molecular flexibility index (Phi) is 5.11. The van der Waals surface area contributed by atoms with Crippen LogP contribution in [0.5, 0.6) is 0 Å². The zero-order valence-corrected chi connectivity index (χ0v) is 14.5. The second-order valence-corrected chi connectivity index (χ2v) is 6.88. The van der Waals surface area contributed by atoms with E-state index in [-0.39, 0.29) is 12.5 Å². The van der Waals surface area contributed by atoms with Crippen molar-refractivity contribution in [1.82, 2.24) is 10.6 Å². The Morgan fingerprint density at radius 1 is 1.25 bits per heavy atom.